The molecule has 0 bridgehead atoms. The molecule has 0 heterocycles. The summed E-state index contributed by atoms with van der Waals surface area (Å²) in [5.41, 5.74) is 22.0. The molecule has 37 heavy (non-hydrogen) atoms. The second-order valence-corrected chi connectivity index (χ2v) is 10.1. The van der Waals surface area contributed by atoms with Crippen molar-refractivity contribution < 1.29 is 24.3 Å². The van der Waals surface area contributed by atoms with Crippen molar-refractivity contribution in [1.29, 1.82) is 0 Å². The summed E-state index contributed by atoms with van der Waals surface area (Å²) in [6, 6.07) is -3.84. The molecule has 0 aliphatic rings. The molecule has 3 amide bonds. The molecule has 12 N–H and O–H groups in total. The van der Waals surface area contributed by atoms with Gasteiger partial charge in [0.25, 0.3) is 0 Å². The van der Waals surface area contributed by atoms with E-state index in [4.69, 9.17) is 22.9 Å². The third-order valence-electron chi connectivity index (χ3n) is 5.55. The molecule has 0 aliphatic heterocycles. The molecule has 0 saturated carbocycles. The number of carboxylic acids is 1. The topological polar surface area (TPSA) is 241 Å². The summed E-state index contributed by atoms with van der Waals surface area (Å²) in [7, 11) is 0. The van der Waals surface area contributed by atoms with Gasteiger partial charge in [-0.15, -0.1) is 0 Å². The Morgan fingerprint density at radius 3 is 1.68 bits per heavy atom. The molecule has 13 nitrogen and oxygen atoms in total. The van der Waals surface area contributed by atoms with Crippen molar-refractivity contribution in [1.82, 2.24) is 16.0 Å². The van der Waals surface area contributed by atoms with E-state index < -0.39 is 47.9 Å². The van der Waals surface area contributed by atoms with Crippen molar-refractivity contribution in [3.63, 3.8) is 0 Å². The van der Waals surface area contributed by atoms with Crippen LogP contribution < -0.4 is 38.9 Å². The maximum atomic E-state index is 13.2. The summed E-state index contributed by atoms with van der Waals surface area (Å²) in [5, 5.41) is 17.5. The van der Waals surface area contributed by atoms with Gasteiger partial charge in [0.2, 0.25) is 17.7 Å². The Hall–Kier alpha value is -2.93. The van der Waals surface area contributed by atoms with Crippen LogP contribution in [0.5, 0.6) is 0 Å². The molecule has 4 atom stereocenters. The van der Waals surface area contributed by atoms with E-state index in [1.165, 1.54) is 0 Å². The van der Waals surface area contributed by atoms with E-state index in [-0.39, 0.29) is 37.2 Å². The number of guanidine groups is 1. The Kier molecular flexibility index (Phi) is 16.9. The number of aliphatic imine (C=N–C) groups is 1. The Morgan fingerprint density at radius 1 is 0.757 bits per heavy atom. The standard InChI is InChI=1S/C24H48N8O5/c1-14(2)12-18(31-20(33)16(26)8-5-6-10-25)22(35)32-19(13-15(3)4)21(34)30-17(23(36)37)9-7-11-29-24(27)28/h14-19H,5-13,25-26H2,1-4H3,(H,30,34)(H,31,33)(H,32,35)(H,36,37)(H4,27,28,29). The van der Waals surface area contributed by atoms with E-state index in [1.54, 1.807) is 0 Å². The molecule has 4 unspecified atom stereocenters. The third kappa shape index (κ3) is 15.7. The lowest BCUT2D eigenvalue weighted by atomic mass is 9.99. The molecule has 0 rings (SSSR count). The van der Waals surface area contributed by atoms with Crippen LogP contribution in [0.2, 0.25) is 0 Å². The summed E-state index contributed by atoms with van der Waals surface area (Å²) in [6.07, 6.45) is 2.94. The van der Waals surface area contributed by atoms with Crippen molar-refractivity contribution >= 4 is 29.7 Å². The van der Waals surface area contributed by atoms with Gasteiger partial charge < -0.3 is 44.0 Å². The Morgan fingerprint density at radius 2 is 1.24 bits per heavy atom. The van der Waals surface area contributed by atoms with Crippen LogP contribution in [0.4, 0.5) is 0 Å². The number of nitrogens with two attached hydrogens (primary N) is 4. The number of amides is 3. The van der Waals surface area contributed by atoms with Crippen LogP contribution in [0.1, 0.15) is 72.6 Å². The molecule has 0 fully saturated rings. The highest BCUT2D eigenvalue weighted by molar-refractivity contribution is 5.94. The molecule has 214 valence electrons. The van der Waals surface area contributed by atoms with Gasteiger partial charge in [0.15, 0.2) is 5.96 Å². The molecule has 0 aliphatic carbocycles. The van der Waals surface area contributed by atoms with Gasteiger partial charge in [-0.1, -0.05) is 34.1 Å². The van der Waals surface area contributed by atoms with Gasteiger partial charge in [0.05, 0.1) is 6.04 Å². The minimum absolute atomic E-state index is 0.0234. The first-order valence-electron chi connectivity index (χ1n) is 12.9. The molecule has 0 saturated heterocycles. The van der Waals surface area contributed by atoms with Crippen LogP contribution in [0.25, 0.3) is 0 Å². The monoisotopic (exact) mass is 528 g/mol. The van der Waals surface area contributed by atoms with Gasteiger partial charge in [-0.3, -0.25) is 19.4 Å². The lowest BCUT2D eigenvalue weighted by Gasteiger charge is -2.27. The van der Waals surface area contributed by atoms with E-state index >= 15 is 0 Å². The summed E-state index contributed by atoms with van der Waals surface area (Å²) in [6.45, 7) is 8.30. The number of carbonyl (C=O) groups excluding carboxylic acids is 3. The summed E-state index contributed by atoms with van der Waals surface area (Å²) in [5.74, 6) is -2.81. The second-order valence-electron chi connectivity index (χ2n) is 10.1. The number of nitrogens with one attached hydrogen (secondary N) is 3. The lowest BCUT2D eigenvalue weighted by molar-refractivity contribution is -0.142. The van der Waals surface area contributed by atoms with E-state index in [2.05, 4.69) is 20.9 Å². The maximum absolute atomic E-state index is 13.2. The lowest BCUT2D eigenvalue weighted by Crippen LogP contribution is -2.57. The predicted octanol–water partition coefficient (Wildman–Crippen LogP) is -0.872. The number of unbranched alkanes of at least 4 members (excludes halogenated alkanes) is 1. The number of carbonyl (C=O) groups is 4. The van der Waals surface area contributed by atoms with Gasteiger partial charge in [0.1, 0.15) is 18.1 Å². The average molecular weight is 529 g/mol. The summed E-state index contributed by atoms with van der Waals surface area (Å²) >= 11 is 0. The molecule has 0 spiro atoms. The van der Waals surface area contributed by atoms with Crippen molar-refractivity contribution in [2.75, 3.05) is 13.1 Å². The zero-order chi connectivity index (χ0) is 28.5. The first-order valence-corrected chi connectivity index (χ1v) is 12.9. The maximum Gasteiger partial charge on any atom is 0.326 e. The number of rotatable bonds is 19. The fourth-order valence-corrected chi connectivity index (χ4v) is 3.63. The van der Waals surface area contributed by atoms with Gasteiger partial charge in [0, 0.05) is 6.54 Å². The summed E-state index contributed by atoms with van der Waals surface area (Å²) in [4.78, 5) is 54.3. The van der Waals surface area contributed by atoms with Gasteiger partial charge >= 0.3 is 5.97 Å². The van der Waals surface area contributed by atoms with Crippen LogP contribution in [0.15, 0.2) is 4.99 Å². The number of hydrogen-bond acceptors (Lipinski definition) is 7. The van der Waals surface area contributed by atoms with Crippen molar-refractivity contribution in [2.45, 2.75) is 96.8 Å². The van der Waals surface area contributed by atoms with E-state index in [1.807, 2.05) is 27.7 Å². The minimum atomic E-state index is -1.21. The number of aliphatic carboxylic acids is 1. The SMILES string of the molecule is CC(C)CC(NC(=O)C(N)CCCCN)C(=O)NC(CC(C)C)C(=O)NC(CCCN=C(N)N)C(=O)O. The molecular weight excluding hydrogens is 480 g/mol. The van der Waals surface area contributed by atoms with E-state index in [0.717, 1.165) is 6.42 Å². The molecule has 0 aromatic rings. The fraction of sp³-hybridized carbons (Fsp3) is 0.792. The average Bonchev–Trinajstić information content (AvgIpc) is 2.78. The van der Waals surface area contributed by atoms with Crippen molar-refractivity contribution in [3.8, 4) is 0 Å². The van der Waals surface area contributed by atoms with Gasteiger partial charge in [-0.2, -0.15) is 0 Å². The molecule has 0 aromatic heterocycles. The van der Waals surface area contributed by atoms with Gasteiger partial charge in [-0.25, -0.2) is 4.79 Å². The highest BCUT2D eigenvalue weighted by Gasteiger charge is 2.31. The Balaban J connectivity index is 5.41. The van der Waals surface area contributed by atoms with Crippen molar-refractivity contribution in [3.05, 3.63) is 0 Å². The number of carboxylic acid groups (broad SMARTS) is 1. The van der Waals surface area contributed by atoms with Crippen LogP contribution in [-0.2, 0) is 19.2 Å². The largest absolute Gasteiger partial charge is 0.480 e. The number of hydrogen-bond donors (Lipinski definition) is 8. The molecule has 0 radical (unpaired) electrons. The number of nitrogens with zero attached hydrogens (tertiary/aromatic N) is 1. The Bertz CT molecular complexity index is 755. The van der Waals surface area contributed by atoms with Crippen LogP contribution in [-0.4, -0.2) is 72.0 Å². The van der Waals surface area contributed by atoms with Crippen LogP contribution in [0.3, 0.4) is 0 Å². The smallest absolute Gasteiger partial charge is 0.326 e. The zero-order valence-electron chi connectivity index (χ0n) is 22.7. The normalized spacial score (nSPS) is 14.4. The third-order valence-corrected chi connectivity index (χ3v) is 5.55. The van der Waals surface area contributed by atoms with E-state index in [9.17, 15) is 24.3 Å². The molecule has 0 aromatic carbocycles. The second kappa shape index (κ2) is 18.3. The Labute approximate surface area is 219 Å². The van der Waals surface area contributed by atoms with Crippen molar-refractivity contribution in [2.24, 2.45) is 39.8 Å². The first-order chi connectivity index (χ1) is 17.3. The highest BCUT2D eigenvalue weighted by atomic mass is 16.4. The van der Waals surface area contributed by atoms with E-state index in [0.29, 0.717) is 32.2 Å². The molecular formula is C24H48N8O5. The van der Waals surface area contributed by atoms with Gasteiger partial charge in [-0.05, 0) is 56.9 Å². The first kappa shape index (κ1) is 34.1. The molecule has 13 heteroatoms. The minimum Gasteiger partial charge on any atom is -0.480 e. The van der Waals surface area contributed by atoms with Crippen LogP contribution in [0, 0.1) is 11.8 Å². The fourth-order valence-electron chi connectivity index (χ4n) is 3.63. The predicted molar refractivity (Wildman–Crippen MR) is 143 cm³/mol. The highest BCUT2D eigenvalue weighted by Crippen LogP contribution is 2.10. The van der Waals surface area contributed by atoms with Crippen LogP contribution >= 0.6 is 0 Å². The zero-order valence-corrected chi connectivity index (χ0v) is 22.7. The quantitative estimate of drug-likeness (QED) is 0.0589. The summed E-state index contributed by atoms with van der Waals surface area (Å²) < 4.78 is 0.